The Morgan fingerprint density at radius 3 is 2.86 bits per heavy atom. The molecule has 2 aromatic rings. The quantitative estimate of drug-likeness (QED) is 0.783. The number of fused-ring (bicyclic) bond motifs is 1. The second-order valence-corrected chi connectivity index (χ2v) is 6.12. The van der Waals surface area contributed by atoms with Crippen molar-refractivity contribution in [3.05, 3.63) is 33.7 Å². The first kappa shape index (κ1) is 15.1. The van der Waals surface area contributed by atoms with E-state index >= 15 is 0 Å². The van der Waals surface area contributed by atoms with Crippen LogP contribution < -0.4 is 14.8 Å². The number of nitrogens with one attached hydrogen (secondary N) is 1. The van der Waals surface area contributed by atoms with Gasteiger partial charge in [-0.25, -0.2) is 0 Å². The fourth-order valence-corrected chi connectivity index (χ4v) is 2.60. The third kappa shape index (κ3) is 3.34. The van der Waals surface area contributed by atoms with E-state index in [-0.39, 0.29) is 5.91 Å². The molecule has 1 aromatic carbocycles. The highest BCUT2D eigenvalue weighted by molar-refractivity contribution is 14.1. The van der Waals surface area contributed by atoms with E-state index in [4.69, 9.17) is 9.47 Å². The summed E-state index contributed by atoms with van der Waals surface area (Å²) in [6, 6.07) is 5.41. The van der Waals surface area contributed by atoms with E-state index in [0.717, 1.165) is 9.26 Å². The highest BCUT2D eigenvalue weighted by atomic mass is 127. The Morgan fingerprint density at radius 2 is 2.14 bits per heavy atom. The van der Waals surface area contributed by atoms with Gasteiger partial charge in [-0.2, -0.15) is 5.10 Å². The van der Waals surface area contributed by atoms with Gasteiger partial charge < -0.3 is 14.8 Å². The lowest BCUT2D eigenvalue weighted by atomic mass is 10.2. The molecule has 116 valence electrons. The third-order valence-corrected chi connectivity index (χ3v) is 4.48. The average molecular weight is 413 g/mol. The molecule has 3 rings (SSSR count). The summed E-state index contributed by atoms with van der Waals surface area (Å²) in [5, 5.41) is 7.12. The molecule has 0 saturated heterocycles. The van der Waals surface area contributed by atoms with Gasteiger partial charge in [0.05, 0.1) is 16.3 Å². The molecule has 0 aliphatic carbocycles. The summed E-state index contributed by atoms with van der Waals surface area (Å²) in [5.41, 5.74) is 1.79. The monoisotopic (exact) mass is 413 g/mol. The van der Waals surface area contributed by atoms with Crippen molar-refractivity contribution < 1.29 is 14.3 Å². The first-order valence-corrected chi connectivity index (χ1v) is 8.09. The van der Waals surface area contributed by atoms with E-state index in [1.165, 1.54) is 0 Å². The van der Waals surface area contributed by atoms with Crippen molar-refractivity contribution in [2.24, 2.45) is 0 Å². The van der Waals surface area contributed by atoms with Crippen LogP contribution in [0.4, 0.5) is 5.69 Å². The molecule has 0 saturated carbocycles. The van der Waals surface area contributed by atoms with Gasteiger partial charge in [-0.15, -0.1) is 0 Å². The van der Waals surface area contributed by atoms with Gasteiger partial charge in [0.15, 0.2) is 11.5 Å². The molecule has 7 heteroatoms. The molecule has 1 aliphatic rings. The van der Waals surface area contributed by atoms with Crippen molar-refractivity contribution in [1.82, 2.24) is 9.78 Å². The zero-order chi connectivity index (χ0) is 15.5. The molecule has 1 aromatic heterocycles. The number of carbonyl (C=O) groups is 1. The SMILES string of the molecule is Cc1c(I)cnn1CCC(=O)Nc1ccc2c(c1)OCCO2. The number of benzene rings is 1. The maximum atomic E-state index is 12.0. The number of aromatic nitrogens is 2. The normalized spacial score (nSPS) is 13.0. The zero-order valence-electron chi connectivity index (χ0n) is 12.1. The smallest absolute Gasteiger partial charge is 0.226 e. The van der Waals surface area contributed by atoms with E-state index in [0.29, 0.717) is 43.4 Å². The number of anilines is 1. The first-order valence-electron chi connectivity index (χ1n) is 7.01. The summed E-state index contributed by atoms with van der Waals surface area (Å²) >= 11 is 2.23. The molecular weight excluding hydrogens is 397 g/mol. The number of hydrogen-bond acceptors (Lipinski definition) is 4. The summed E-state index contributed by atoms with van der Waals surface area (Å²) < 4.78 is 13.9. The van der Waals surface area contributed by atoms with Crippen LogP contribution in [-0.4, -0.2) is 28.9 Å². The van der Waals surface area contributed by atoms with E-state index < -0.39 is 0 Å². The van der Waals surface area contributed by atoms with Crippen LogP contribution in [0.25, 0.3) is 0 Å². The number of rotatable bonds is 4. The Morgan fingerprint density at radius 1 is 1.36 bits per heavy atom. The maximum Gasteiger partial charge on any atom is 0.226 e. The van der Waals surface area contributed by atoms with E-state index in [1.54, 1.807) is 12.3 Å². The summed E-state index contributed by atoms with van der Waals surface area (Å²) in [6.07, 6.45) is 2.17. The van der Waals surface area contributed by atoms with Crippen molar-refractivity contribution in [2.45, 2.75) is 19.9 Å². The topological polar surface area (TPSA) is 65.4 Å². The Labute approximate surface area is 141 Å². The minimum Gasteiger partial charge on any atom is -0.486 e. The van der Waals surface area contributed by atoms with Crippen molar-refractivity contribution in [3.63, 3.8) is 0 Å². The van der Waals surface area contributed by atoms with Crippen LogP contribution in [-0.2, 0) is 11.3 Å². The van der Waals surface area contributed by atoms with Crippen LogP contribution in [0.5, 0.6) is 11.5 Å². The number of amides is 1. The van der Waals surface area contributed by atoms with Gasteiger partial charge in [-0.05, 0) is 41.6 Å². The molecule has 2 heterocycles. The van der Waals surface area contributed by atoms with Gasteiger partial charge in [0, 0.05) is 23.9 Å². The molecule has 0 fully saturated rings. The molecule has 1 N–H and O–H groups in total. The Balaban J connectivity index is 1.58. The van der Waals surface area contributed by atoms with Crippen molar-refractivity contribution in [2.75, 3.05) is 18.5 Å². The number of hydrogen-bond donors (Lipinski definition) is 1. The van der Waals surface area contributed by atoms with Crippen molar-refractivity contribution >= 4 is 34.2 Å². The van der Waals surface area contributed by atoms with Gasteiger partial charge in [0.25, 0.3) is 0 Å². The molecule has 0 unspecified atom stereocenters. The lowest BCUT2D eigenvalue weighted by molar-refractivity contribution is -0.116. The molecule has 0 radical (unpaired) electrons. The minimum atomic E-state index is -0.0541. The Hall–Kier alpha value is -1.77. The molecule has 0 atom stereocenters. The van der Waals surface area contributed by atoms with Crippen LogP contribution in [0.15, 0.2) is 24.4 Å². The summed E-state index contributed by atoms with van der Waals surface area (Å²) in [5.74, 6) is 1.33. The van der Waals surface area contributed by atoms with Crippen LogP contribution in [0.2, 0.25) is 0 Å². The number of ether oxygens (including phenoxy) is 2. The second kappa shape index (κ2) is 6.55. The van der Waals surface area contributed by atoms with Crippen LogP contribution >= 0.6 is 22.6 Å². The standard InChI is InChI=1S/C15H16IN3O3/c1-10-12(16)9-17-19(10)5-4-15(20)18-11-2-3-13-14(8-11)22-7-6-21-13/h2-3,8-9H,4-7H2,1H3,(H,18,20). The molecular formula is C15H16IN3O3. The largest absolute Gasteiger partial charge is 0.486 e. The van der Waals surface area contributed by atoms with Crippen molar-refractivity contribution in [3.8, 4) is 11.5 Å². The van der Waals surface area contributed by atoms with Gasteiger partial charge in [-0.1, -0.05) is 0 Å². The third-order valence-electron chi connectivity index (χ3n) is 3.42. The molecule has 6 nitrogen and oxygen atoms in total. The number of halogens is 1. The van der Waals surface area contributed by atoms with Crippen molar-refractivity contribution in [1.29, 1.82) is 0 Å². The molecule has 1 aliphatic heterocycles. The predicted molar refractivity (Wildman–Crippen MR) is 90.4 cm³/mol. The predicted octanol–water partition coefficient (Wildman–Crippen LogP) is 2.60. The summed E-state index contributed by atoms with van der Waals surface area (Å²) in [7, 11) is 0. The van der Waals surface area contributed by atoms with E-state index in [1.807, 2.05) is 23.7 Å². The lowest BCUT2D eigenvalue weighted by Gasteiger charge is -2.19. The lowest BCUT2D eigenvalue weighted by Crippen LogP contribution is -2.17. The molecule has 0 spiro atoms. The highest BCUT2D eigenvalue weighted by Crippen LogP contribution is 2.32. The fraction of sp³-hybridized carbons (Fsp3) is 0.333. The van der Waals surface area contributed by atoms with Gasteiger partial charge in [0.2, 0.25) is 5.91 Å². The molecule has 22 heavy (non-hydrogen) atoms. The Kier molecular flexibility index (Phi) is 4.51. The summed E-state index contributed by atoms with van der Waals surface area (Å²) in [4.78, 5) is 12.0. The second-order valence-electron chi connectivity index (χ2n) is 4.96. The molecule has 0 bridgehead atoms. The zero-order valence-corrected chi connectivity index (χ0v) is 14.3. The highest BCUT2D eigenvalue weighted by Gasteiger charge is 2.13. The number of aryl methyl sites for hydroxylation is 1. The summed E-state index contributed by atoms with van der Waals surface area (Å²) in [6.45, 7) is 3.64. The number of carbonyl (C=O) groups excluding carboxylic acids is 1. The van der Waals surface area contributed by atoms with Gasteiger partial charge in [-0.3, -0.25) is 9.48 Å². The molecule has 1 amide bonds. The Bertz CT molecular complexity index is 699. The van der Waals surface area contributed by atoms with E-state index in [9.17, 15) is 4.79 Å². The maximum absolute atomic E-state index is 12.0. The van der Waals surface area contributed by atoms with Gasteiger partial charge >= 0.3 is 0 Å². The van der Waals surface area contributed by atoms with Crippen LogP contribution in [0.1, 0.15) is 12.1 Å². The van der Waals surface area contributed by atoms with Crippen LogP contribution in [0, 0.1) is 10.5 Å². The van der Waals surface area contributed by atoms with E-state index in [2.05, 4.69) is 33.0 Å². The average Bonchev–Trinajstić information content (AvgIpc) is 2.84. The number of nitrogens with zero attached hydrogens (tertiary/aromatic N) is 2. The van der Waals surface area contributed by atoms with Crippen LogP contribution in [0.3, 0.4) is 0 Å². The first-order chi connectivity index (χ1) is 10.6. The minimum absolute atomic E-state index is 0.0541. The fourth-order valence-electron chi connectivity index (χ4n) is 2.20. The van der Waals surface area contributed by atoms with Gasteiger partial charge in [0.1, 0.15) is 13.2 Å².